The summed E-state index contributed by atoms with van der Waals surface area (Å²) in [6.07, 6.45) is 2.73. The number of aryl methyl sites for hydroxylation is 1. The van der Waals surface area contributed by atoms with E-state index in [4.69, 9.17) is 20.2 Å². The molecule has 0 radical (unpaired) electrons. The lowest BCUT2D eigenvalue weighted by molar-refractivity contribution is -0.0431. The van der Waals surface area contributed by atoms with Crippen molar-refractivity contribution in [1.29, 1.82) is 0 Å². The number of aromatic nitrogens is 3. The standard InChI is InChI=1S/C21H28BN5O2S/c1-12(2)24-7-5-9-27-14-6-8-25-19(23)18(14)26-20(27)30-17-11-16-15(10-13(17)22)28-21(3,4)29-16/h6,8,10-12,24H,5,7,9,22H2,1-4H3,(H2,23,25). The number of nitrogen functional groups attached to an aromatic ring is 1. The smallest absolute Gasteiger partial charge is 0.246 e. The van der Waals surface area contributed by atoms with E-state index in [9.17, 15) is 0 Å². The van der Waals surface area contributed by atoms with E-state index in [0.717, 1.165) is 57.6 Å². The molecule has 3 heterocycles. The maximum atomic E-state index is 6.11. The Bertz CT molecular complexity index is 1080. The van der Waals surface area contributed by atoms with Gasteiger partial charge in [0.15, 0.2) is 22.5 Å². The molecule has 0 aliphatic carbocycles. The van der Waals surface area contributed by atoms with E-state index in [1.807, 2.05) is 32.0 Å². The van der Waals surface area contributed by atoms with Gasteiger partial charge >= 0.3 is 0 Å². The molecular formula is C21H28BN5O2S. The Hall–Kier alpha value is -2.39. The van der Waals surface area contributed by atoms with Crippen LogP contribution in [0, 0.1) is 0 Å². The zero-order valence-corrected chi connectivity index (χ0v) is 19.0. The fraction of sp³-hybridized carbons (Fsp3) is 0.429. The van der Waals surface area contributed by atoms with Gasteiger partial charge in [0.25, 0.3) is 0 Å². The molecule has 2 aromatic heterocycles. The minimum atomic E-state index is -0.644. The molecule has 0 bridgehead atoms. The molecule has 1 aliphatic rings. The molecule has 3 aromatic rings. The second kappa shape index (κ2) is 8.04. The van der Waals surface area contributed by atoms with Crippen LogP contribution in [0.25, 0.3) is 11.0 Å². The van der Waals surface area contributed by atoms with E-state index < -0.39 is 5.79 Å². The van der Waals surface area contributed by atoms with Crippen LogP contribution >= 0.6 is 11.8 Å². The third-order valence-electron chi connectivity index (χ3n) is 4.93. The first-order valence-corrected chi connectivity index (χ1v) is 11.1. The van der Waals surface area contributed by atoms with Gasteiger partial charge in [-0.2, -0.15) is 0 Å². The summed E-state index contributed by atoms with van der Waals surface area (Å²) in [5.74, 6) is 1.36. The third kappa shape index (κ3) is 4.22. The number of pyridine rings is 1. The molecule has 1 aliphatic heterocycles. The fourth-order valence-corrected chi connectivity index (χ4v) is 4.55. The summed E-state index contributed by atoms with van der Waals surface area (Å²) < 4.78 is 14.0. The molecule has 0 spiro atoms. The van der Waals surface area contributed by atoms with Gasteiger partial charge in [-0.3, -0.25) is 0 Å². The van der Waals surface area contributed by atoms with Crippen molar-refractivity contribution in [3.63, 3.8) is 0 Å². The van der Waals surface area contributed by atoms with Crippen LogP contribution in [0.5, 0.6) is 11.5 Å². The monoisotopic (exact) mass is 425 g/mol. The first-order chi connectivity index (χ1) is 14.2. The first-order valence-electron chi connectivity index (χ1n) is 10.3. The Morgan fingerprint density at radius 1 is 1.27 bits per heavy atom. The maximum absolute atomic E-state index is 6.11. The van der Waals surface area contributed by atoms with Crippen LogP contribution in [0.3, 0.4) is 0 Å². The van der Waals surface area contributed by atoms with Crippen LogP contribution in [0.15, 0.2) is 34.4 Å². The second-order valence-corrected chi connectivity index (χ2v) is 9.35. The van der Waals surface area contributed by atoms with Crippen molar-refractivity contribution >= 4 is 41.9 Å². The van der Waals surface area contributed by atoms with Gasteiger partial charge in [-0.1, -0.05) is 31.1 Å². The van der Waals surface area contributed by atoms with Crippen molar-refractivity contribution in [2.45, 2.75) is 62.5 Å². The quantitative estimate of drug-likeness (QED) is 0.444. The number of rotatable bonds is 7. The van der Waals surface area contributed by atoms with Crippen LogP contribution in [0.2, 0.25) is 0 Å². The largest absolute Gasteiger partial charge is 0.449 e. The molecule has 0 atom stereocenters. The Morgan fingerprint density at radius 2 is 2.00 bits per heavy atom. The molecule has 9 heteroatoms. The van der Waals surface area contributed by atoms with Gasteiger partial charge in [0.1, 0.15) is 13.4 Å². The summed E-state index contributed by atoms with van der Waals surface area (Å²) in [7, 11) is 2.08. The highest BCUT2D eigenvalue weighted by Crippen LogP contribution is 2.42. The van der Waals surface area contributed by atoms with Gasteiger partial charge in [0, 0.05) is 37.5 Å². The van der Waals surface area contributed by atoms with Crippen LogP contribution in [-0.2, 0) is 6.54 Å². The Balaban J connectivity index is 1.66. The second-order valence-electron chi connectivity index (χ2n) is 8.34. The Morgan fingerprint density at radius 3 is 2.73 bits per heavy atom. The molecule has 0 fully saturated rings. The lowest BCUT2D eigenvalue weighted by Crippen LogP contribution is -2.29. The van der Waals surface area contributed by atoms with Crippen molar-refractivity contribution in [3.8, 4) is 11.5 Å². The first kappa shape index (κ1) is 20.9. The summed E-state index contributed by atoms with van der Waals surface area (Å²) >= 11 is 1.62. The van der Waals surface area contributed by atoms with Gasteiger partial charge in [0.2, 0.25) is 5.79 Å². The Labute approximate surface area is 182 Å². The summed E-state index contributed by atoms with van der Waals surface area (Å²) in [6, 6.07) is 6.52. The zero-order chi connectivity index (χ0) is 21.5. The average molecular weight is 425 g/mol. The molecule has 30 heavy (non-hydrogen) atoms. The molecule has 4 rings (SSSR count). The summed E-state index contributed by atoms with van der Waals surface area (Å²) in [6.45, 7) is 9.93. The van der Waals surface area contributed by atoms with Crippen LogP contribution in [0.4, 0.5) is 5.82 Å². The van der Waals surface area contributed by atoms with Crippen molar-refractivity contribution in [2.24, 2.45) is 0 Å². The lowest BCUT2D eigenvalue weighted by atomic mass is 9.96. The van der Waals surface area contributed by atoms with E-state index in [1.165, 1.54) is 0 Å². The van der Waals surface area contributed by atoms with Crippen molar-refractivity contribution in [2.75, 3.05) is 12.3 Å². The summed E-state index contributed by atoms with van der Waals surface area (Å²) in [5.41, 5.74) is 8.99. The number of hydrogen-bond donors (Lipinski definition) is 2. The number of fused-ring (bicyclic) bond motifs is 2. The number of imidazole rings is 1. The zero-order valence-electron chi connectivity index (χ0n) is 18.2. The highest BCUT2D eigenvalue weighted by atomic mass is 32.2. The molecule has 7 nitrogen and oxygen atoms in total. The molecule has 3 N–H and O–H groups in total. The third-order valence-corrected chi connectivity index (χ3v) is 6.08. The molecule has 0 saturated heterocycles. The van der Waals surface area contributed by atoms with Gasteiger partial charge in [-0.25, -0.2) is 9.97 Å². The maximum Gasteiger partial charge on any atom is 0.246 e. The summed E-state index contributed by atoms with van der Waals surface area (Å²) in [5, 5.41) is 4.37. The number of nitrogens with zero attached hydrogens (tertiary/aromatic N) is 3. The fourth-order valence-electron chi connectivity index (χ4n) is 3.53. The number of hydrogen-bond acceptors (Lipinski definition) is 7. The van der Waals surface area contributed by atoms with E-state index in [2.05, 4.69) is 36.6 Å². The average Bonchev–Trinajstić information content (AvgIpc) is 3.15. The van der Waals surface area contributed by atoms with Crippen LogP contribution < -0.4 is 26.0 Å². The molecule has 0 amide bonds. The molecule has 0 saturated carbocycles. The highest BCUT2D eigenvalue weighted by molar-refractivity contribution is 7.99. The van der Waals surface area contributed by atoms with Crippen LogP contribution in [0.1, 0.15) is 34.1 Å². The molecule has 0 unspecified atom stereocenters. The van der Waals surface area contributed by atoms with Gasteiger partial charge in [-0.05, 0) is 31.2 Å². The van der Waals surface area contributed by atoms with E-state index in [-0.39, 0.29) is 0 Å². The van der Waals surface area contributed by atoms with Crippen molar-refractivity contribution in [3.05, 3.63) is 24.4 Å². The van der Waals surface area contributed by atoms with Crippen molar-refractivity contribution in [1.82, 2.24) is 19.9 Å². The molecule has 1 aromatic carbocycles. The Kier molecular flexibility index (Phi) is 5.59. The topological polar surface area (TPSA) is 87.2 Å². The van der Waals surface area contributed by atoms with Gasteiger partial charge in [-0.15, -0.1) is 0 Å². The van der Waals surface area contributed by atoms with E-state index in [0.29, 0.717) is 11.9 Å². The van der Waals surface area contributed by atoms with Gasteiger partial charge in [0.05, 0.1) is 5.52 Å². The van der Waals surface area contributed by atoms with Crippen LogP contribution in [-0.4, -0.2) is 40.8 Å². The van der Waals surface area contributed by atoms with Gasteiger partial charge < -0.3 is 25.1 Å². The van der Waals surface area contributed by atoms with E-state index >= 15 is 0 Å². The highest BCUT2D eigenvalue weighted by Gasteiger charge is 2.32. The minimum Gasteiger partial charge on any atom is -0.449 e. The minimum absolute atomic E-state index is 0.456. The number of anilines is 1. The number of nitrogens with one attached hydrogen (secondary N) is 1. The normalized spacial score (nSPS) is 14.7. The molecule has 158 valence electrons. The van der Waals surface area contributed by atoms with E-state index in [1.54, 1.807) is 18.0 Å². The summed E-state index contributed by atoms with van der Waals surface area (Å²) in [4.78, 5) is 10.1. The number of benzene rings is 1. The predicted octanol–water partition coefficient (Wildman–Crippen LogP) is 2.32. The predicted molar refractivity (Wildman–Crippen MR) is 124 cm³/mol. The molecular weight excluding hydrogens is 397 g/mol. The van der Waals surface area contributed by atoms with Crippen molar-refractivity contribution < 1.29 is 9.47 Å². The number of ether oxygens (including phenoxy) is 2. The SMILES string of the molecule is Bc1cc2c(cc1Sc1nc3c(N)nccc3n1CCCNC(C)C)OC(C)(C)O2. The number of nitrogens with two attached hydrogens (primary N) is 1. The lowest BCUT2D eigenvalue weighted by Gasteiger charge is -2.16.